The van der Waals surface area contributed by atoms with E-state index >= 15 is 0 Å². The van der Waals surface area contributed by atoms with Crippen LogP contribution in [-0.2, 0) is 11.2 Å². The highest BCUT2D eigenvalue weighted by atomic mass is 79.9. The van der Waals surface area contributed by atoms with Crippen molar-refractivity contribution >= 4 is 21.8 Å². The molecule has 0 aliphatic heterocycles. The summed E-state index contributed by atoms with van der Waals surface area (Å²) in [5.41, 5.74) is 0.964. The molecule has 0 aromatic heterocycles. The van der Waals surface area contributed by atoms with Crippen LogP contribution >= 0.6 is 15.9 Å². The third-order valence-electron chi connectivity index (χ3n) is 2.58. The van der Waals surface area contributed by atoms with Crippen LogP contribution in [0, 0.1) is 0 Å². The van der Waals surface area contributed by atoms with E-state index in [4.69, 9.17) is 4.74 Å². The summed E-state index contributed by atoms with van der Waals surface area (Å²) in [5.74, 6) is 0.825. The zero-order chi connectivity index (χ0) is 13.5. The Morgan fingerprint density at radius 3 is 2.78 bits per heavy atom. The minimum atomic E-state index is 0.0453. The number of carbonyl (C=O) groups is 1. The lowest BCUT2D eigenvalue weighted by Gasteiger charge is -2.15. The van der Waals surface area contributed by atoms with Crippen LogP contribution in [0.1, 0.15) is 25.8 Å². The van der Waals surface area contributed by atoms with Crippen LogP contribution in [0.15, 0.2) is 24.3 Å². The molecule has 1 aromatic carbocycles. The number of rotatable bonds is 6. The molecule has 0 aliphatic rings. The first kappa shape index (κ1) is 15.0. The first-order chi connectivity index (χ1) is 8.51. The second-order valence-electron chi connectivity index (χ2n) is 4.51. The summed E-state index contributed by atoms with van der Waals surface area (Å²) in [7, 11) is 1.62. The van der Waals surface area contributed by atoms with Gasteiger partial charge in [-0.25, -0.2) is 0 Å². The lowest BCUT2D eigenvalue weighted by molar-refractivity contribution is -0.121. The third-order valence-corrected chi connectivity index (χ3v) is 2.96. The van der Waals surface area contributed by atoms with E-state index in [1.807, 2.05) is 31.2 Å². The van der Waals surface area contributed by atoms with Crippen molar-refractivity contribution in [1.82, 2.24) is 5.32 Å². The second kappa shape index (κ2) is 7.41. The number of methoxy groups -OCH3 is 1. The first-order valence-electron chi connectivity index (χ1n) is 6.07. The molecule has 0 aliphatic carbocycles. The van der Waals surface area contributed by atoms with Gasteiger partial charge in [0.25, 0.3) is 0 Å². The Kier molecular flexibility index (Phi) is 6.19. The molecular formula is C14H20BrNO2. The molecule has 0 saturated carbocycles. The minimum Gasteiger partial charge on any atom is -0.497 e. The standard InChI is InChI=1S/C14H20BrNO2/c1-10(15)7-11(2)16-14(17)9-12-5-4-6-13(8-12)18-3/h4-6,8,10-11H,7,9H2,1-3H3,(H,16,17). The quantitative estimate of drug-likeness (QED) is 0.820. The summed E-state index contributed by atoms with van der Waals surface area (Å²) in [5, 5.41) is 2.99. The summed E-state index contributed by atoms with van der Waals surface area (Å²) in [6.07, 6.45) is 1.31. The number of halogens is 1. The molecule has 1 amide bonds. The second-order valence-corrected chi connectivity index (χ2v) is 6.08. The number of nitrogens with one attached hydrogen (secondary N) is 1. The summed E-state index contributed by atoms with van der Waals surface area (Å²) < 4.78 is 5.13. The molecule has 0 bridgehead atoms. The van der Waals surface area contributed by atoms with Gasteiger partial charge in [0.15, 0.2) is 0 Å². The fourth-order valence-corrected chi connectivity index (χ4v) is 2.40. The lowest BCUT2D eigenvalue weighted by Crippen LogP contribution is -2.34. The fourth-order valence-electron chi connectivity index (χ4n) is 1.84. The number of carbonyl (C=O) groups excluding carboxylic acids is 1. The number of amides is 1. The third kappa shape index (κ3) is 5.54. The zero-order valence-electron chi connectivity index (χ0n) is 11.1. The predicted octanol–water partition coefficient (Wildman–Crippen LogP) is 2.92. The molecule has 1 aromatic rings. The van der Waals surface area contributed by atoms with E-state index in [0.29, 0.717) is 11.2 Å². The summed E-state index contributed by atoms with van der Waals surface area (Å²) in [6.45, 7) is 4.09. The van der Waals surface area contributed by atoms with Crippen molar-refractivity contribution in [3.8, 4) is 5.75 Å². The highest BCUT2D eigenvalue weighted by molar-refractivity contribution is 9.09. The van der Waals surface area contributed by atoms with Crippen molar-refractivity contribution in [3.05, 3.63) is 29.8 Å². The fraction of sp³-hybridized carbons (Fsp3) is 0.500. The maximum Gasteiger partial charge on any atom is 0.224 e. The van der Waals surface area contributed by atoms with Gasteiger partial charge in [-0.3, -0.25) is 4.79 Å². The van der Waals surface area contributed by atoms with Gasteiger partial charge < -0.3 is 10.1 Å². The van der Waals surface area contributed by atoms with Gasteiger partial charge >= 0.3 is 0 Å². The molecule has 1 rings (SSSR count). The molecule has 0 saturated heterocycles. The van der Waals surface area contributed by atoms with E-state index < -0.39 is 0 Å². The Balaban J connectivity index is 2.48. The topological polar surface area (TPSA) is 38.3 Å². The molecule has 100 valence electrons. The molecule has 0 radical (unpaired) electrons. The molecule has 2 unspecified atom stereocenters. The van der Waals surface area contributed by atoms with E-state index in [2.05, 4.69) is 28.2 Å². The summed E-state index contributed by atoms with van der Waals surface area (Å²) in [4.78, 5) is 12.2. The molecule has 2 atom stereocenters. The predicted molar refractivity (Wildman–Crippen MR) is 77.3 cm³/mol. The molecule has 0 spiro atoms. The SMILES string of the molecule is COc1cccc(CC(=O)NC(C)CC(C)Br)c1. The molecule has 0 heterocycles. The van der Waals surface area contributed by atoms with Crippen molar-refractivity contribution in [1.29, 1.82) is 0 Å². The van der Waals surface area contributed by atoms with Crippen molar-refractivity contribution in [3.63, 3.8) is 0 Å². The van der Waals surface area contributed by atoms with Crippen LogP contribution in [-0.4, -0.2) is 23.9 Å². The largest absolute Gasteiger partial charge is 0.497 e. The van der Waals surface area contributed by atoms with E-state index in [0.717, 1.165) is 17.7 Å². The van der Waals surface area contributed by atoms with Gasteiger partial charge in [0.05, 0.1) is 13.5 Å². The number of benzene rings is 1. The number of ether oxygens (including phenoxy) is 1. The van der Waals surface area contributed by atoms with Crippen LogP contribution < -0.4 is 10.1 Å². The van der Waals surface area contributed by atoms with Gasteiger partial charge in [0.2, 0.25) is 5.91 Å². The van der Waals surface area contributed by atoms with Gasteiger partial charge in [-0.2, -0.15) is 0 Å². The Morgan fingerprint density at radius 2 is 2.17 bits per heavy atom. The van der Waals surface area contributed by atoms with Crippen LogP contribution in [0.2, 0.25) is 0 Å². The average Bonchev–Trinajstić information content (AvgIpc) is 2.27. The Labute approximate surface area is 117 Å². The molecule has 1 N–H and O–H groups in total. The molecule has 3 nitrogen and oxygen atoms in total. The van der Waals surface area contributed by atoms with E-state index in [1.165, 1.54) is 0 Å². The van der Waals surface area contributed by atoms with Crippen LogP contribution in [0.3, 0.4) is 0 Å². The van der Waals surface area contributed by atoms with Crippen LogP contribution in [0.5, 0.6) is 5.75 Å². The zero-order valence-corrected chi connectivity index (χ0v) is 12.7. The number of alkyl halides is 1. The Morgan fingerprint density at radius 1 is 1.44 bits per heavy atom. The van der Waals surface area contributed by atoms with Crippen molar-refractivity contribution < 1.29 is 9.53 Å². The van der Waals surface area contributed by atoms with E-state index in [9.17, 15) is 4.79 Å². The molecule has 4 heteroatoms. The number of hydrogen-bond donors (Lipinski definition) is 1. The number of hydrogen-bond acceptors (Lipinski definition) is 2. The maximum atomic E-state index is 11.8. The van der Waals surface area contributed by atoms with Crippen LogP contribution in [0.4, 0.5) is 0 Å². The molecule has 18 heavy (non-hydrogen) atoms. The van der Waals surface area contributed by atoms with Gasteiger partial charge in [-0.1, -0.05) is 35.0 Å². The Hall–Kier alpha value is -1.03. The first-order valence-corrected chi connectivity index (χ1v) is 6.99. The smallest absolute Gasteiger partial charge is 0.224 e. The summed E-state index contributed by atoms with van der Waals surface area (Å²) >= 11 is 3.48. The lowest BCUT2D eigenvalue weighted by atomic mass is 10.1. The van der Waals surface area contributed by atoms with Crippen molar-refractivity contribution in [2.75, 3.05) is 7.11 Å². The van der Waals surface area contributed by atoms with Crippen molar-refractivity contribution in [2.45, 2.75) is 37.6 Å². The van der Waals surface area contributed by atoms with Gasteiger partial charge in [0, 0.05) is 10.9 Å². The van der Waals surface area contributed by atoms with E-state index in [1.54, 1.807) is 7.11 Å². The average molecular weight is 314 g/mol. The van der Waals surface area contributed by atoms with E-state index in [-0.39, 0.29) is 11.9 Å². The Bertz CT molecular complexity index is 393. The van der Waals surface area contributed by atoms with Crippen molar-refractivity contribution in [2.24, 2.45) is 0 Å². The van der Waals surface area contributed by atoms with Gasteiger partial charge in [0.1, 0.15) is 5.75 Å². The highest BCUT2D eigenvalue weighted by Crippen LogP contribution is 2.13. The molecular weight excluding hydrogens is 294 g/mol. The maximum absolute atomic E-state index is 11.8. The minimum absolute atomic E-state index is 0.0453. The normalized spacial score (nSPS) is 13.8. The van der Waals surface area contributed by atoms with Gasteiger partial charge in [-0.15, -0.1) is 0 Å². The molecule has 0 fully saturated rings. The van der Waals surface area contributed by atoms with Gasteiger partial charge in [-0.05, 0) is 31.0 Å². The van der Waals surface area contributed by atoms with Crippen LogP contribution in [0.25, 0.3) is 0 Å². The monoisotopic (exact) mass is 313 g/mol. The highest BCUT2D eigenvalue weighted by Gasteiger charge is 2.10. The summed E-state index contributed by atoms with van der Waals surface area (Å²) in [6, 6.07) is 7.76.